The second kappa shape index (κ2) is 7.56. The molecule has 92 valence electrons. The molecular formula is C13H29NS. The van der Waals surface area contributed by atoms with Gasteiger partial charge in [0.1, 0.15) is 0 Å². The van der Waals surface area contributed by atoms with Gasteiger partial charge >= 0.3 is 0 Å². The van der Waals surface area contributed by atoms with E-state index in [1.54, 1.807) is 0 Å². The topological polar surface area (TPSA) is 12.0 Å². The molecule has 1 N–H and O–H groups in total. The molecule has 0 aliphatic rings. The van der Waals surface area contributed by atoms with Crippen LogP contribution in [0.2, 0.25) is 0 Å². The fourth-order valence-corrected chi connectivity index (χ4v) is 2.40. The van der Waals surface area contributed by atoms with Crippen molar-refractivity contribution in [2.75, 3.05) is 12.3 Å². The van der Waals surface area contributed by atoms with Crippen LogP contribution in [0.5, 0.6) is 0 Å². The first kappa shape index (κ1) is 15.3. The van der Waals surface area contributed by atoms with Crippen LogP contribution in [0.15, 0.2) is 0 Å². The minimum absolute atomic E-state index is 0.394. The van der Waals surface area contributed by atoms with Gasteiger partial charge < -0.3 is 5.32 Å². The van der Waals surface area contributed by atoms with Crippen molar-refractivity contribution in [1.29, 1.82) is 0 Å². The van der Waals surface area contributed by atoms with E-state index in [-0.39, 0.29) is 0 Å². The van der Waals surface area contributed by atoms with Crippen molar-refractivity contribution in [3.63, 3.8) is 0 Å². The third-order valence-corrected chi connectivity index (χ3v) is 3.74. The molecule has 2 heteroatoms. The van der Waals surface area contributed by atoms with E-state index in [4.69, 9.17) is 0 Å². The van der Waals surface area contributed by atoms with E-state index >= 15 is 0 Å². The van der Waals surface area contributed by atoms with Gasteiger partial charge in [-0.05, 0) is 25.3 Å². The van der Waals surface area contributed by atoms with Crippen LogP contribution in [0.3, 0.4) is 0 Å². The fraction of sp³-hybridized carbons (Fsp3) is 1.00. The highest BCUT2D eigenvalue weighted by molar-refractivity contribution is 8.00. The molecule has 0 aromatic heterocycles. The lowest BCUT2D eigenvalue weighted by Crippen LogP contribution is -2.32. The Hall–Kier alpha value is 0.310. The summed E-state index contributed by atoms with van der Waals surface area (Å²) >= 11 is 2.07. The highest BCUT2D eigenvalue weighted by Gasteiger charge is 2.15. The summed E-state index contributed by atoms with van der Waals surface area (Å²) in [5.41, 5.74) is 0. The largest absolute Gasteiger partial charge is 0.313 e. The van der Waals surface area contributed by atoms with E-state index in [2.05, 4.69) is 58.6 Å². The molecule has 0 fully saturated rings. The van der Waals surface area contributed by atoms with Gasteiger partial charge in [-0.3, -0.25) is 0 Å². The molecule has 0 heterocycles. The number of rotatable bonds is 7. The highest BCUT2D eigenvalue weighted by Crippen LogP contribution is 2.25. The molecule has 0 aromatic carbocycles. The summed E-state index contributed by atoms with van der Waals surface area (Å²) in [5, 5.41) is 3.59. The zero-order valence-electron chi connectivity index (χ0n) is 11.4. The molecule has 0 amide bonds. The van der Waals surface area contributed by atoms with Crippen LogP contribution in [-0.2, 0) is 0 Å². The molecule has 1 nitrogen and oxygen atoms in total. The maximum absolute atomic E-state index is 3.59. The molecule has 0 radical (unpaired) electrons. The number of thioether (sulfide) groups is 1. The molecule has 15 heavy (non-hydrogen) atoms. The zero-order chi connectivity index (χ0) is 11.9. The Morgan fingerprint density at radius 1 is 1.13 bits per heavy atom. The smallest absolute Gasteiger partial charge is 0.0158 e. The molecule has 1 unspecified atom stereocenters. The van der Waals surface area contributed by atoms with Crippen LogP contribution in [-0.4, -0.2) is 23.1 Å². The van der Waals surface area contributed by atoms with E-state index in [0.717, 1.165) is 12.5 Å². The van der Waals surface area contributed by atoms with Gasteiger partial charge in [-0.15, -0.1) is 0 Å². The van der Waals surface area contributed by atoms with Crippen molar-refractivity contribution in [2.45, 2.75) is 65.2 Å². The van der Waals surface area contributed by atoms with Gasteiger partial charge in [0.25, 0.3) is 0 Å². The predicted molar refractivity (Wildman–Crippen MR) is 73.7 cm³/mol. The van der Waals surface area contributed by atoms with E-state index in [1.165, 1.54) is 18.6 Å². The summed E-state index contributed by atoms with van der Waals surface area (Å²) in [7, 11) is 0. The maximum Gasteiger partial charge on any atom is 0.0158 e. The summed E-state index contributed by atoms with van der Waals surface area (Å²) in [6, 6.07) is 0.696. The van der Waals surface area contributed by atoms with E-state index in [1.807, 2.05) is 0 Å². The van der Waals surface area contributed by atoms with Gasteiger partial charge in [-0.1, -0.05) is 41.5 Å². The Balaban J connectivity index is 3.82. The minimum atomic E-state index is 0.394. The molecule has 0 spiro atoms. The first-order valence-corrected chi connectivity index (χ1v) is 7.21. The van der Waals surface area contributed by atoms with Crippen molar-refractivity contribution in [2.24, 2.45) is 5.92 Å². The van der Waals surface area contributed by atoms with Gasteiger partial charge in [0.15, 0.2) is 0 Å². The monoisotopic (exact) mass is 231 g/mol. The molecule has 0 aliphatic carbocycles. The first-order chi connectivity index (χ1) is 6.85. The standard InChI is InChI=1S/C13H29NS/c1-7-14-12(9-8-11(2)3)10-15-13(4,5)6/h11-12,14H,7-10H2,1-6H3. The molecular weight excluding hydrogens is 202 g/mol. The van der Waals surface area contributed by atoms with Crippen molar-refractivity contribution >= 4 is 11.8 Å². The van der Waals surface area contributed by atoms with Gasteiger partial charge in [0.2, 0.25) is 0 Å². The van der Waals surface area contributed by atoms with Crippen molar-refractivity contribution < 1.29 is 0 Å². The fourth-order valence-electron chi connectivity index (χ4n) is 1.42. The summed E-state index contributed by atoms with van der Waals surface area (Å²) in [6.07, 6.45) is 2.65. The third kappa shape index (κ3) is 10.6. The summed E-state index contributed by atoms with van der Waals surface area (Å²) in [5.74, 6) is 2.06. The third-order valence-electron chi connectivity index (χ3n) is 2.30. The number of hydrogen-bond donors (Lipinski definition) is 1. The van der Waals surface area contributed by atoms with Crippen molar-refractivity contribution in [3.05, 3.63) is 0 Å². The van der Waals surface area contributed by atoms with Crippen molar-refractivity contribution in [3.8, 4) is 0 Å². The molecule has 1 atom stereocenters. The second-order valence-corrected chi connectivity index (χ2v) is 7.50. The first-order valence-electron chi connectivity index (χ1n) is 6.22. The molecule has 0 bridgehead atoms. The average Bonchev–Trinajstić information content (AvgIpc) is 2.08. The van der Waals surface area contributed by atoms with Gasteiger partial charge in [-0.2, -0.15) is 11.8 Å². The lowest BCUT2D eigenvalue weighted by molar-refractivity contribution is 0.463. The van der Waals surface area contributed by atoms with Gasteiger partial charge in [-0.25, -0.2) is 0 Å². The maximum atomic E-state index is 3.59. The molecule has 0 saturated heterocycles. The highest BCUT2D eigenvalue weighted by atomic mass is 32.2. The molecule has 0 aliphatic heterocycles. The SMILES string of the molecule is CCNC(CCC(C)C)CSC(C)(C)C. The summed E-state index contributed by atoms with van der Waals surface area (Å²) in [4.78, 5) is 0. The lowest BCUT2D eigenvalue weighted by atomic mass is 10.0. The zero-order valence-corrected chi connectivity index (χ0v) is 12.2. The van der Waals surface area contributed by atoms with Crippen LogP contribution < -0.4 is 5.32 Å². The summed E-state index contributed by atoms with van der Waals surface area (Å²) in [6.45, 7) is 14.8. The quantitative estimate of drug-likeness (QED) is 0.712. The Labute approximate surface area is 101 Å². The van der Waals surface area contributed by atoms with Gasteiger partial charge in [0.05, 0.1) is 0 Å². The van der Waals surface area contributed by atoms with Crippen LogP contribution >= 0.6 is 11.8 Å². The van der Waals surface area contributed by atoms with Crippen LogP contribution in [0.4, 0.5) is 0 Å². The second-order valence-electron chi connectivity index (χ2n) is 5.65. The minimum Gasteiger partial charge on any atom is -0.313 e. The van der Waals surface area contributed by atoms with Gasteiger partial charge in [0, 0.05) is 16.5 Å². The lowest BCUT2D eigenvalue weighted by Gasteiger charge is -2.24. The normalized spacial score (nSPS) is 14.6. The van der Waals surface area contributed by atoms with E-state index < -0.39 is 0 Å². The molecule has 0 aromatic rings. The Kier molecular flexibility index (Phi) is 7.72. The number of hydrogen-bond acceptors (Lipinski definition) is 2. The van der Waals surface area contributed by atoms with Crippen LogP contribution in [0.25, 0.3) is 0 Å². The Bertz CT molecular complexity index is 149. The summed E-state index contributed by atoms with van der Waals surface area (Å²) < 4.78 is 0.394. The Morgan fingerprint density at radius 2 is 1.73 bits per heavy atom. The van der Waals surface area contributed by atoms with Crippen molar-refractivity contribution in [1.82, 2.24) is 5.32 Å². The average molecular weight is 231 g/mol. The molecule has 0 saturated carbocycles. The van der Waals surface area contributed by atoms with E-state index in [0.29, 0.717) is 10.8 Å². The number of nitrogens with one attached hydrogen (secondary N) is 1. The Morgan fingerprint density at radius 3 is 2.13 bits per heavy atom. The predicted octanol–water partition coefficient (Wildman–Crippen LogP) is 3.93. The van der Waals surface area contributed by atoms with Crippen LogP contribution in [0, 0.1) is 5.92 Å². The molecule has 0 rings (SSSR count). The van der Waals surface area contributed by atoms with E-state index in [9.17, 15) is 0 Å². The van der Waals surface area contributed by atoms with Crippen LogP contribution in [0.1, 0.15) is 54.4 Å².